The predicted molar refractivity (Wildman–Crippen MR) is 139 cm³/mol. The first-order chi connectivity index (χ1) is 18.1. The largest absolute Gasteiger partial charge is 0.463 e. The summed E-state index contributed by atoms with van der Waals surface area (Å²) in [7, 11) is 1.85. The SMILES string of the molecule is CCOC(=O)C1=C(C)N(c2cccc(C(F)(F)F)c2)C(SCc2nccn2C)=NC1c1ccc(C#N)cc1. The van der Waals surface area contributed by atoms with Crippen LogP contribution in [0.25, 0.3) is 0 Å². The molecule has 0 saturated heterocycles. The predicted octanol–water partition coefficient (Wildman–Crippen LogP) is 6.00. The number of aliphatic imine (C=N–C) groups is 1. The van der Waals surface area contributed by atoms with Crippen molar-refractivity contribution in [2.75, 3.05) is 11.5 Å². The second kappa shape index (κ2) is 11.1. The van der Waals surface area contributed by atoms with Crippen LogP contribution in [-0.4, -0.2) is 27.3 Å². The summed E-state index contributed by atoms with van der Waals surface area (Å²) in [5.41, 5.74) is 1.09. The molecule has 1 unspecified atom stereocenters. The van der Waals surface area contributed by atoms with Gasteiger partial charge in [-0.15, -0.1) is 0 Å². The van der Waals surface area contributed by atoms with E-state index in [9.17, 15) is 23.2 Å². The van der Waals surface area contributed by atoms with Crippen LogP contribution in [0, 0.1) is 11.3 Å². The van der Waals surface area contributed by atoms with E-state index in [1.165, 1.54) is 17.8 Å². The highest BCUT2D eigenvalue weighted by Crippen LogP contribution is 2.41. The second-order valence-electron chi connectivity index (χ2n) is 8.39. The third-order valence-corrected chi connectivity index (χ3v) is 6.91. The number of ether oxygens (including phenoxy) is 1. The number of hydrogen-bond donors (Lipinski definition) is 0. The Morgan fingerprint density at radius 1 is 1.21 bits per heavy atom. The third-order valence-electron chi connectivity index (χ3n) is 5.96. The number of halogens is 3. The third kappa shape index (κ3) is 5.60. The topological polar surface area (TPSA) is 83.5 Å². The van der Waals surface area contributed by atoms with Crippen LogP contribution in [-0.2, 0) is 28.5 Å². The van der Waals surface area contributed by atoms with E-state index >= 15 is 0 Å². The molecule has 0 spiro atoms. The minimum absolute atomic E-state index is 0.115. The van der Waals surface area contributed by atoms with Gasteiger partial charge in [0.25, 0.3) is 0 Å². The number of amidine groups is 1. The van der Waals surface area contributed by atoms with E-state index in [-0.39, 0.29) is 17.9 Å². The number of aryl methyl sites for hydroxylation is 1. The number of nitrogens with zero attached hydrogens (tertiary/aromatic N) is 5. The molecule has 196 valence electrons. The van der Waals surface area contributed by atoms with Crippen LogP contribution in [0.15, 0.2) is 77.2 Å². The van der Waals surface area contributed by atoms with Crippen molar-refractivity contribution in [2.45, 2.75) is 31.8 Å². The van der Waals surface area contributed by atoms with Crippen LogP contribution in [0.4, 0.5) is 18.9 Å². The Balaban J connectivity index is 1.87. The fourth-order valence-electron chi connectivity index (χ4n) is 4.04. The summed E-state index contributed by atoms with van der Waals surface area (Å²) >= 11 is 1.30. The summed E-state index contributed by atoms with van der Waals surface area (Å²) < 4.78 is 47.9. The smallest absolute Gasteiger partial charge is 0.416 e. The summed E-state index contributed by atoms with van der Waals surface area (Å²) in [5.74, 6) is 0.516. The van der Waals surface area contributed by atoms with Gasteiger partial charge in [-0.25, -0.2) is 14.8 Å². The number of rotatable bonds is 6. The quantitative estimate of drug-likeness (QED) is 0.358. The van der Waals surface area contributed by atoms with Crippen molar-refractivity contribution in [3.63, 3.8) is 0 Å². The molecule has 0 N–H and O–H groups in total. The van der Waals surface area contributed by atoms with Gasteiger partial charge in [0.2, 0.25) is 0 Å². The number of esters is 1. The number of benzene rings is 2. The number of hydrogen-bond acceptors (Lipinski definition) is 7. The lowest BCUT2D eigenvalue weighted by Gasteiger charge is -2.35. The maximum Gasteiger partial charge on any atom is 0.416 e. The van der Waals surface area contributed by atoms with Crippen molar-refractivity contribution in [1.82, 2.24) is 9.55 Å². The normalized spacial score (nSPS) is 15.8. The summed E-state index contributed by atoms with van der Waals surface area (Å²) in [6.07, 6.45) is -1.09. The minimum atomic E-state index is -4.55. The van der Waals surface area contributed by atoms with Crippen LogP contribution in [0.2, 0.25) is 0 Å². The second-order valence-corrected chi connectivity index (χ2v) is 9.34. The van der Waals surface area contributed by atoms with Crippen molar-refractivity contribution in [3.8, 4) is 6.07 Å². The molecule has 0 amide bonds. The number of thioether (sulfide) groups is 1. The molecule has 0 radical (unpaired) electrons. The van der Waals surface area contributed by atoms with Gasteiger partial charge < -0.3 is 9.30 Å². The number of imidazole rings is 1. The fraction of sp³-hybridized carbons (Fsp3) is 0.259. The van der Waals surface area contributed by atoms with E-state index in [2.05, 4.69) is 11.1 Å². The first-order valence-corrected chi connectivity index (χ1v) is 12.6. The van der Waals surface area contributed by atoms with Crippen molar-refractivity contribution >= 4 is 28.6 Å². The Kier molecular flexibility index (Phi) is 7.92. The highest BCUT2D eigenvalue weighted by Gasteiger charge is 2.36. The van der Waals surface area contributed by atoms with E-state index in [1.807, 2.05) is 11.6 Å². The molecule has 2 heterocycles. The van der Waals surface area contributed by atoms with Gasteiger partial charge in [0.1, 0.15) is 11.9 Å². The van der Waals surface area contributed by atoms with Crippen molar-refractivity contribution in [3.05, 3.63) is 94.7 Å². The first-order valence-electron chi connectivity index (χ1n) is 11.7. The molecule has 7 nitrogen and oxygen atoms in total. The first kappa shape index (κ1) is 27.0. The van der Waals surface area contributed by atoms with E-state index < -0.39 is 23.8 Å². The monoisotopic (exact) mass is 539 g/mol. The molecule has 4 rings (SSSR count). The number of anilines is 1. The van der Waals surface area contributed by atoms with Crippen molar-refractivity contribution in [2.24, 2.45) is 12.0 Å². The molecule has 1 atom stereocenters. The van der Waals surface area contributed by atoms with Crippen molar-refractivity contribution in [1.29, 1.82) is 5.26 Å². The summed E-state index contributed by atoms with van der Waals surface area (Å²) in [4.78, 5) is 23.9. The van der Waals surface area contributed by atoms with Gasteiger partial charge in [0.15, 0.2) is 5.17 Å². The Morgan fingerprint density at radius 2 is 1.95 bits per heavy atom. The van der Waals surface area contributed by atoms with Gasteiger partial charge in [0.05, 0.1) is 35.1 Å². The van der Waals surface area contributed by atoms with Crippen LogP contribution >= 0.6 is 11.8 Å². The van der Waals surface area contributed by atoms with E-state index in [4.69, 9.17) is 9.73 Å². The Morgan fingerprint density at radius 3 is 2.55 bits per heavy atom. The number of carbonyl (C=O) groups excluding carboxylic acids is 1. The molecular weight excluding hydrogens is 515 g/mol. The van der Waals surface area contributed by atoms with Gasteiger partial charge in [-0.1, -0.05) is 30.0 Å². The van der Waals surface area contributed by atoms with Crippen molar-refractivity contribution < 1.29 is 22.7 Å². The number of alkyl halides is 3. The number of aromatic nitrogens is 2. The van der Waals surface area contributed by atoms with Gasteiger partial charge in [0, 0.05) is 30.8 Å². The molecule has 1 aliphatic heterocycles. The maximum absolute atomic E-state index is 13.6. The molecule has 0 aliphatic carbocycles. The van der Waals surface area contributed by atoms with Crippen LogP contribution < -0.4 is 4.90 Å². The molecule has 1 aromatic heterocycles. The molecule has 11 heteroatoms. The number of carbonyl (C=O) groups is 1. The molecule has 3 aromatic rings. The van der Waals surface area contributed by atoms with Gasteiger partial charge in [-0.3, -0.25) is 4.90 Å². The zero-order valence-electron chi connectivity index (χ0n) is 20.9. The zero-order chi connectivity index (χ0) is 27.4. The molecule has 1 aliphatic rings. The average Bonchev–Trinajstić information content (AvgIpc) is 3.31. The highest BCUT2D eigenvalue weighted by atomic mass is 32.2. The van der Waals surface area contributed by atoms with E-state index in [1.54, 1.807) is 61.5 Å². The van der Waals surface area contributed by atoms with Crippen LogP contribution in [0.3, 0.4) is 0 Å². The van der Waals surface area contributed by atoms with E-state index in [0.717, 1.165) is 18.0 Å². The Hall–Kier alpha value is -4.04. The van der Waals surface area contributed by atoms with Crippen LogP contribution in [0.1, 0.15) is 42.4 Å². The number of allylic oxidation sites excluding steroid dienone is 1. The van der Waals surface area contributed by atoms with Gasteiger partial charge in [-0.05, 0) is 49.7 Å². The fourth-order valence-corrected chi connectivity index (χ4v) is 5.12. The van der Waals surface area contributed by atoms with Gasteiger partial charge >= 0.3 is 12.1 Å². The van der Waals surface area contributed by atoms with Crippen LogP contribution in [0.5, 0.6) is 0 Å². The van der Waals surface area contributed by atoms with Gasteiger partial charge in [-0.2, -0.15) is 18.4 Å². The Bertz CT molecular complexity index is 1440. The standard InChI is InChI=1S/C27H24F3N5O2S/c1-4-37-25(36)23-17(2)35(21-7-5-6-20(14-21)27(28,29)30)26(38-16-22-32-12-13-34(22)3)33-24(23)19-10-8-18(15-31)9-11-19/h5-14,24H,4,16H2,1-3H3. The zero-order valence-corrected chi connectivity index (χ0v) is 21.7. The average molecular weight is 540 g/mol. The molecule has 0 fully saturated rings. The lowest BCUT2D eigenvalue weighted by molar-refractivity contribution is -0.139. The molecule has 0 saturated carbocycles. The lowest BCUT2D eigenvalue weighted by atomic mass is 9.95. The van der Waals surface area contributed by atoms with E-state index in [0.29, 0.717) is 27.7 Å². The maximum atomic E-state index is 13.6. The summed E-state index contributed by atoms with van der Waals surface area (Å²) in [6, 6.07) is 12.8. The molecule has 0 bridgehead atoms. The Labute approximate surface area is 222 Å². The minimum Gasteiger partial charge on any atom is -0.463 e. The molecule has 38 heavy (non-hydrogen) atoms. The summed E-state index contributed by atoms with van der Waals surface area (Å²) in [6.45, 7) is 3.46. The lowest BCUT2D eigenvalue weighted by Crippen LogP contribution is -2.35. The molecular formula is C27H24F3N5O2S. The summed E-state index contributed by atoms with van der Waals surface area (Å²) in [5, 5.41) is 9.59. The molecule has 2 aromatic carbocycles. The number of nitriles is 1. The highest BCUT2D eigenvalue weighted by molar-refractivity contribution is 8.13.